The molecule has 5 nitrogen and oxygen atoms in total. The molecule has 2 aliphatic rings. The van der Waals surface area contributed by atoms with Gasteiger partial charge in [0.15, 0.2) is 0 Å². The molecule has 0 aromatic heterocycles. The largest absolute Gasteiger partial charge is 0.489 e. The van der Waals surface area contributed by atoms with Crippen LogP contribution in [0.25, 0.3) is 0 Å². The number of rotatable bonds is 6. The molecule has 1 atom stereocenters. The van der Waals surface area contributed by atoms with E-state index in [-0.39, 0.29) is 18.6 Å². The molecule has 2 aromatic carbocycles. The fourth-order valence-corrected chi connectivity index (χ4v) is 3.76. The second-order valence-electron chi connectivity index (χ2n) is 6.86. The van der Waals surface area contributed by atoms with E-state index in [1.807, 2.05) is 29.2 Å². The van der Waals surface area contributed by atoms with Crippen molar-refractivity contribution in [3.63, 3.8) is 0 Å². The van der Waals surface area contributed by atoms with Crippen molar-refractivity contribution in [2.45, 2.75) is 25.4 Å². The summed E-state index contributed by atoms with van der Waals surface area (Å²) in [5, 5.41) is 3.79. The highest BCUT2D eigenvalue weighted by Gasteiger charge is 2.24. The number of hydrogen-bond acceptors (Lipinski definition) is 4. The normalized spacial score (nSPS) is 18.4. The Labute approximate surface area is 164 Å². The number of anilines is 2. The monoisotopic (exact) mass is 386 g/mol. The molecule has 27 heavy (non-hydrogen) atoms. The topological polar surface area (TPSA) is 50.8 Å². The van der Waals surface area contributed by atoms with Gasteiger partial charge < -0.3 is 19.7 Å². The maximum Gasteiger partial charge on any atom is 0.246 e. The maximum absolute atomic E-state index is 12.7. The molecule has 2 aliphatic heterocycles. The van der Waals surface area contributed by atoms with E-state index in [4.69, 9.17) is 21.1 Å². The zero-order valence-electron chi connectivity index (χ0n) is 15.1. The molecule has 1 unspecified atom stereocenters. The SMILES string of the molecule is O=C(CNc1cc(Cl)ccc1OCC1CCCO1)N1CCc2ccccc21. The minimum Gasteiger partial charge on any atom is -0.489 e. The minimum absolute atomic E-state index is 0.0324. The van der Waals surface area contributed by atoms with Gasteiger partial charge in [0, 0.05) is 23.9 Å². The lowest BCUT2D eigenvalue weighted by molar-refractivity contribution is -0.116. The summed E-state index contributed by atoms with van der Waals surface area (Å²) < 4.78 is 11.5. The summed E-state index contributed by atoms with van der Waals surface area (Å²) in [6, 6.07) is 13.4. The van der Waals surface area contributed by atoms with Gasteiger partial charge in [-0.15, -0.1) is 0 Å². The van der Waals surface area contributed by atoms with Gasteiger partial charge >= 0.3 is 0 Å². The third kappa shape index (κ3) is 4.20. The smallest absolute Gasteiger partial charge is 0.246 e. The fourth-order valence-electron chi connectivity index (χ4n) is 3.59. The summed E-state index contributed by atoms with van der Waals surface area (Å²) in [6.07, 6.45) is 3.13. The van der Waals surface area contributed by atoms with Crippen LogP contribution in [0.3, 0.4) is 0 Å². The molecule has 2 aromatic rings. The van der Waals surface area contributed by atoms with Gasteiger partial charge in [-0.25, -0.2) is 0 Å². The van der Waals surface area contributed by atoms with Crippen LogP contribution in [0.5, 0.6) is 5.75 Å². The molecule has 1 saturated heterocycles. The van der Waals surface area contributed by atoms with Crippen molar-refractivity contribution in [3.05, 3.63) is 53.1 Å². The predicted octanol–water partition coefficient (Wildman–Crippen LogP) is 3.90. The van der Waals surface area contributed by atoms with E-state index in [1.54, 1.807) is 12.1 Å². The van der Waals surface area contributed by atoms with E-state index < -0.39 is 0 Å². The number of nitrogens with zero attached hydrogens (tertiary/aromatic N) is 1. The Morgan fingerprint density at radius 3 is 3.04 bits per heavy atom. The van der Waals surface area contributed by atoms with Crippen LogP contribution >= 0.6 is 11.6 Å². The molecule has 6 heteroatoms. The van der Waals surface area contributed by atoms with Crippen molar-refractivity contribution in [1.29, 1.82) is 0 Å². The number of halogens is 1. The number of para-hydroxylation sites is 1. The van der Waals surface area contributed by atoms with Gasteiger partial charge in [0.2, 0.25) is 5.91 Å². The molecule has 0 radical (unpaired) electrons. The van der Waals surface area contributed by atoms with Crippen molar-refractivity contribution in [2.24, 2.45) is 0 Å². The van der Waals surface area contributed by atoms with E-state index in [2.05, 4.69) is 11.4 Å². The summed E-state index contributed by atoms with van der Waals surface area (Å²) in [7, 11) is 0. The third-order valence-electron chi connectivity index (χ3n) is 5.01. The van der Waals surface area contributed by atoms with Gasteiger partial charge in [0.25, 0.3) is 0 Å². The third-order valence-corrected chi connectivity index (χ3v) is 5.24. The Balaban J connectivity index is 1.40. The number of fused-ring (bicyclic) bond motifs is 1. The van der Waals surface area contributed by atoms with Gasteiger partial charge in [-0.05, 0) is 49.1 Å². The molecule has 0 bridgehead atoms. The first kappa shape index (κ1) is 18.1. The van der Waals surface area contributed by atoms with Crippen LogP contribution in [0, 0.1) is 0 Å². The molecule has 0 spiro atoms. The molecule has 0 aliphatic carbocycles. The second kappa shape index (κ2) is 8.19. The zero-order chi connectivity index (χ0) is 18.6. The van der Waals surface area contributed by atoms with E-state index >= 15 is 0 Å². The Morgan fingerprint density at radius 1 is 1.30 bits per heavy atom. The average Bonchev–Trinajstić information content (AvgIpc) is 3.35. The van der Waals surface area contributed by atoms with E-state index in [0.717, 1.165) is 43.8 Å². The van der Waals surface area contributed by atoms with Gasteiger partial charge in [0.05, 0.1) is 18.3 Å². The molecule has 1 amide bonds. The summed E-state index contributed by atoms with van der Waals surface area (Å²) in [4.78, 5) is 14.5. The van der Waals surface area contributed by atoms with E-state index in [9.17, 15) is 4.79 Å². The van der Waals surface area contributed by atoms with E-state index in [1.165, 1.54) is 5.56 Å². The lowest BCUT2D eigenvalue weighted by Crippen LogP contribution is -2.34. The first-order chi connectivity index (χ1) is 13.2. The molecular formula is C21H23ClN2O3. The number of hydrogen-bond donors (Lipinski definition) is 1. The first-order valence-corrected chi connectivity index (χ1v) is 9.74. The fraction of sp³-hybridized carbons (Fsp3) is 0.381. The first-order valence-electron chi connectivity index (χ1n) is 9.37. The summed E-state index contributed by atoms with van der Waals surface area (Å²) in [5.74, 6) is 0.717. The number of benzene rings is 2. The van der Waals surface area contributed by atoms with Crippen molar-refractivity contribution < 1.29 is 14.3 Å². The van der Waals surface area contributed by atoms with Gasteiger partial charge in [-0.2, -0.15) is 0 Å². The summed E-state index contributed by atoms with van der Waals surface area (Å²) >= 11 is 6.14. The van der Waals surface area contributed by atoms with Crippen LogP contribution in [0.1, 0.15) is 18.4 Å². The predicted molar refractivity (Wildman–Crippen MR) is 107 cm³/mol. The number of amides is 1. The molecule has 1 N–H and O–H groups in total. The number of carbonyl (C=O) groups is 1. The van der Waals surface area contributed by atoms with Crippen LogP contribution in [0.4, 0.5) is 11.4 Å². The van der Waals surface area contributed by atoms with Crippen molar-refractivity contribution in [2.75, 3.05) is 36.5 Å². The molecule has 1 fully saturated rings. The van der Waals surface area contributed by atoms with Gasteiger partial charge in [0.1, 0.15) is 12.4 Å². The highest BCUT2D eigenvalue weighted by molar-refractivity contribution is 6.31. The van der Waals surface area contributed by atoms with Crippen LogP contribution in [0.2, 0.25) is 5.02 Å². The van der Waals surface area contributed by atoms with Crippen LogP contribution in [-0.4, -0.2) is 38.3 Å². The van der Waals surface area contributed by atoms with Crippen LogP contribution < -0.4 is 15.0 Å². The van der Waals surface area contributed by atoms with Crippen LogP contribution in [-0.2, 0) is 16.0 Å². The lowest BCUT2D eigenvalue weighted by Gasteiger charge is -2.19. The van der Waals surface area contributed by atoms with Gasteiger partial charge in [-0.1, -0.05) is 29.8 Å². The van der Waals surface area contributed by atoms with E-state index in [0.29, 0.717) is 17.4 Å². The number of nitrogens with one attached hydrogen (secondary N) is 1. The lowest BCUT2D eigenvalue weighted by atomic mass is 10.2. The Hall–Kier alpha value is -2.24. The van der Waals surface area contributed by atoms with Crippen molar-refractivity contribution in [3.8, 4) is 5.75 Å². The molecular weight excluding hydrogens is 364 g/mol. The second-order valence-corrected chi connectivity index (χ2v) is 7.30. The molecule has 2 heterocycles. The standard InChI is InChI=1S/C21H23ClN2O3/c22-16-7-8-20(27-14-17-5-3-11-26-17)18(12-16)23-13-21(25)24-10-9-15-4-1-2-6-19(15)24/h1-2,4,6-8,12,17,23H,3,5,9-11,13-14H2. The summed E-state index contributed by atoms with van der Waals surface area (Å²) in [5.41, 5.74) is 2.95. The Morgan fingerprint density at radius 2 is 2.19 bits per heavy atom. The number of ether oxygens (including phenoxy) is 2. The Kier molecular flexibility index (Phi) is 5.50. The Bertz CT molecular complexity index is 821. The highest BCUT2D eigenvalue weighted by Crippen LogP contribution is 2.30. The van der Waals surface area contributed by atoms with Gasteiger partial charge in [-0.3, -0.25) is 4.79 Å². The van der Waals surface area contributed by atoms with Crippen LogP contribution in [0.15, 0.2) is 42.5 Å². The molecule has 4 rings (SSSR count). The average molecular weight is 387 g/mol. The number of carbonyl (C=O) groups excluding carboxylic acids is 1. The zero-order valence-corrected chi connectivity index (χ0v) is 15.9. The molecule has 142 valence electrons. The van der Waals surface area contributed by atoms with Crippen molar-refractivity contribution in [1.82, 2.24) is 0 Å². The maximum atomic E-state index is 12.7. The molecule has 0 saturated carbocycles. The quantitative estimate of drug-likeness (QED) is 0.818. The van der Waals surface area contributed by atoms with Crippen molar-refractivity contribution >= 4 is 28.9 Å². The highest BCUT2D eigenvalue weighted by atomic mass is 35.5. The minimum atomic E-state index is 0.0324. The summed E-state index contributed by atoms with van der Waals surface area (Å²) in [6.45, 7) is 2.21.